The first-order valence-electron chi connectivity index (χ1n) is 6.38. The fourth-order valence-corrected chi connectivity index (χ4v) is 4.26. The second kappa shape index (κ2) is 4.39. The molecule has 0 amide bonds. The van der Waals surface area contributed by atoms with Gasteiger partial charge in [-0.1, -0.05) is 25.1 Å². The van der Waals surface area contributed by atoms with Crippen molar-refractivity contribution in [2.75, 3.05) is 5.75 Å². The largest absolute Gasteiger partial charge is 0.388 e. The number of thioether (sulfide) groups is 1. The van der Waals surface area contributed by atoms with Gasteiger partial charge in [-0.05, 0) is 31.9 Å². The van der Waals surface area contributed by atoms with Crippen molar-refractivity contribution in [1.82, 2.24) is 0 Å². The van der Waals surface area contributed by atoms with Gasteiger partial charge in [-0.25, -0.2) is 0 Å². The van der Waals surface area contributed by atoms with E-state index in [4.69, 9.17) is 0 Å². The van der Waals surface area contributed by atoms with Crippen molar-refractivity contribution in [3.63, 3.8) is 0 Å². The van der Waals surface area contributed by atoms with E-state index >= 15 is 0 Å². The molecule has 2 saturated carbocycles. The molecule has 0 heterocycles. The Morgan fingerprint density at radius 2 is 2.24 bits per heavy atom. The van der Waals surface area contributed by atoms with Crippen LogP contribution in [0.4, 0.5) is 0 Å². The third-order valence-corrected chi connectivity index (χ3v) is 5.48. The molecule has 1 N–H and O–H groups in total. The minimum absolute atomic E-state index is 0.0654. The number of ketones is 1. The van der Waals surface area contributed by atoms with Gasteiger partial charge < -0.3 is 5.11 Å². The van der Waals surface area contributed by atoms with Crippen molar-refractivity contribution in [2.45, 2.75) is 51.6 Å². The fourth-order valence-electron chi connectivity index (χ4n) is 3.47. The molecule has 2 fully saturated rings. The van der Waals surface area contributed by atoms with E-state index in [2.05, 4.69) is 0 Å². The predicted octanol–water partition coefficient (Wildman–Crippen LogP) is 2.17. The molecule has 0 radical (unpaired) electrons. The molecule has 0 aromatic carbocycles. The summed E-state index contributed by atoms with van der Waals surface area (Å²) < 4.78 is 0. The molecule has 3 nitrogen and oxygen atoms in total. The summed E-state index contributed by atoms with van der Waals surface area (Å²) >= 11 is 1.27. The Balaban J connectivity index is 2.30. The van der Waals surface area contributed by atoms with E-state index in [-0.39, 0.29) is 16.8 Å². The van der Waals surface area contributed by atoms with Gasteiger partial charge in [-0.15, -0.1) is 0 Å². The molecule has 0 saturated heterocycles. The second-order valence-corrected chi connectivity index (χ2v) is 6.64. The van der Waals surface area contributed by atoms with Crippen molar-refractivity contribution >= 4 is 22.7 Å². The molecule has 0 unspecified atom stereocenters. The molecule has 3 atom stereocenters. The molecular weight excluding hydrogens is 236 g/mol. The van der Waals surface area contributed by atoms with Crippen LogP contribution in [0.5, 0.6) is 0 Å². The van der Waals surface area contributed by atoms with Crippen LogP contribution < -0.4 is 0 Å². The van der Waals surface area contributed by atoms with Gasteiger partial charge in [-0.3, -0.25) is 9.59 Å². The van der Waals surface area contributed by atoms with Gasteiger partial charge in [-0.2, -0.15) is 0 Å². The Labute approximate surface area is 106 Å². The van der Waals surface area contributed by atoms with E-state index in [0.29, 0.717) is 12.8 Å². The molecule has 0 bridgehead atoms. The Bertz CT molecular complexity index is 355. The zero-order chi connectivity index (χ0) is 12.7. The van der Waals surface area contributed by atoms with Crippen LogP contribution >= 0.6 is 11.8 Å². The summed E-state index contributed by atoms with van der Waals surface area (Å²) in [5.41, 5.74) is -1.76. The molecule has 2 aliphatic rings. The lowest BCUT2D eigenvalue weighted by atomic mass is 9.61. The lowest BCUT2D eigenvalue weighted by Gasteiger charge is -2.47. The monoisotopic (exact) mass is 256 g/mol. The Morgan fingerprint density at radius 1 is 1.53 bits per heavy atom. The van der Waals surface area contributed by atoms with Gasteiger partial charge in [0.1, 0.15) is 5.78 Å². The van der Waals surface area contributed by atoms with Crippen LogP contribution in [0.2, 0.25) is 0 Å². The third kappa shape index (κ3) is 1.76. The van der Waals surface area contributed by atoms with E-state index in [0.717, 1.165) is 25.0 Å². The van der Waals surface area contributed by atoms with Crippen LogP contribution in [0, 0.1) is 11.3 Å². The van der Waals surface area contributed by atoms with Crippen molar-refractivity contribution in [1.29, 1.82) is 0 Å². The van der Waals surface area contributed by atoms with Crippen LogP contribution in [0.3, 0.4) is 0 Å². The first kappa shape index (κ1) is 13.1. The molecule has 0 aliphatic heterocycles. The zero-order valence-electron chi connectivity index (χ0n) is 10.5. The Morgan fingerprint density at radius 3 is 2.88 bits per heavy atom. The summed E-state index contributed by atoms with van der Waals surface area (Å²) in [6.07, 6.45) is 3.20. The quantitative estimate of drug-likeness (QED) is 0.822. The van der Waals surface area contributed by atoms with Crippen molar-refractivity contribution in [2.24, 2.45) is 11.3 Å². The van der Waals surface area contributed by atoms with Gasteiger partial charge in [0, 0.05) is 6.42 Å². The minimum Gasteiger partial charge on any atom is -0.388 e. The number of carbonyl (C=O) groups excluding carboxylic acids is 2. The highest BCUT2D eigenvalue weighted by molar-refractivity contribution is 8.13. The average molecular weight is 256 g/mol. The molecule has 17 heavy (non-hydrogen) atoms. The smallest absolute Gasteiger partial charge is 0.194 e. The van der Waals surface area contributed by atoms with E-state index in [9.17, 15) is 14.7 Å². The highest BCUT2D eigenvalue weighted by Crippen LogP contribution is 2.56. The van der Waals surface area contributed by atoms with Crippen molar-refractivity contribution in [3.05, 3.63) is 0 Å². The summed E-state index contributed by atoms with van der Waals surface area (Å²) in [4.78, 5) is 24.1. The van der Waals surface area contributed by atoms with Crippen LogP contribution in [-0.4, -0.2) is 27.4 Å². The predicted molar refractivity (Wildman–Crippen MR) is 67.8 cm³/mol. The van der Waals surface area contributed by atoms with Gasteiger partial charge in [0.05, 0.1) is 16.9 Å². The number of hydrogen-bond donors (Lipinski definition) is 1. The van der Waals surface area contributed by atoms with E-state index in [1.807, 2.05) is 13.8 Å². The topological polar surface area (TPSA) is 54.4 Å². The Hall–Kier alpha value is -0.350. The van der Waals surface area contributed by atoms with Crippen LogP contribution in [0.25, 0.3) is 0 Å². The highest BCUT2D eigenvalue weighted by atomic mass is 32.2. The van der Waals surface area contributed by atoms with Crippen molar-refractivity contribution in [3.8, 4) is 0 Å². The summed E-state index contributed by atoms with van der Waals surface area (Å²) in [6, 6.07) is 0. The lowest BCUT2D eigenvalue weighted by molar-refractivity contribution is -0.156. The summed E-state index contributed by atoms with van der Waals surface area (Å²) in [6.45, 7) is 3.78. The van der Waals surface area contributed by atoms with E-state index in [1.165, 1.54) is 11.8 Å². The van der Waals surface area contributed by atoms with Crippen LogP contribution in [0.15, 0.2) is 0 Å². The van der Waals surface area contributed by atoms with Gasteiger partial charge in [0.2, 0.25) is 0 Å². The number of hydrogen-bond acceptors (Lipinski definition) is 4. The van der Waals surface area contributed by atoms with Gasteiger partial charge in [0.15, 0.2) is 5.12 Å². The lowest BCUT2D eigenvalue weighted by Crippen LogP contribution is -2.55. The van der Waals surface area contributed by atoms with Crippen LogP contribution in [0.1, 0.15) is 46.0 Å². The maximum absolute atomic E-state index is 12.1. The SMILES string of the molecule is CCSC(=O)[C@@H]1CCC[C@@]2(C)C(=O)CC[C@@]12O. The maximum Gasteiger partial charge on any atom is 0.194 e. The molecule has 0 spiro atoms. The molecule has 2 aliphatic carbocycles. The van der Waals surface area contributed by atoms with E-state index < -0.39 is 11.0 Å². The Kier molecular flexibility index (Phi) is 3.38. The maximum atomic E-state index is 12.1. The third-order valence-electron chi connectivity index (χ3n) is 4.62. The van der Waals surface area contributed by atoms with Crippen LogP contribution in [-0.2, 0) is 9.59 Å². The minimum atomic E-state index is -1.08. The number of carbonyl (C=O) groups is 2. The van der Waals surface area contributed by atoms with Crippen molar-refractivity contribution < 1.29 is 14.7 Å². The molecular formula is C13H20O3S. The second-order valence-electron chi connectivity index (χ2n) is 5.38. The summed E-state index contributed by atoms with van der Waals surface area (Å²) in [5.74, 6) is 0.521. The molecule has 96 valence electrons. The fraction of sp³-hybridized carbons (Fsp3) is 0.846. The number of Topliss-reactive ketones (excluding diaryl/α,β-unsaturated/α-hetero) is 1. The molecule has 0 aromatic rings. The average Bonchev–Trinajstić information content (AvgIpc) is 2.52. The normalized spacial score (nSPS) is 41.4. The number of rotatable bonds is 2. The zero-order valence-corrected chi connectivity index (χ0v) is 11.3. The standard InChI is InChI=1S/C13H20O3S/c1-3-17-11(15)9-5-4-7-12(2)10(14)6-8-13(9,12)16/h9,16H,3-8H2,1-2H3/t9-,12-,13+/m0/s1. The highest BCUT2D eigenvalue weighted by Gasteiger charge is 2.62. The number of fused-ring (bicyclic) bond motifs is 1. The first-order valence-corrected chi connectivity index (χ1v) is 7.36. The van der Waals surface area contributed by atoms with E-state index in [1.54, 1.807) is 0 Å². The van der Waals surface area contributed by atoms with Gasteiger partial charge >= 0.3 is 0 Å². The summed E-state index contributed by atoms with van der Waals surface area (Å²) in [5, 5.41) is 10.9. The summed E-state index contributed by atoms with van der Waals surface area (Å²) in [7, 11) is 0. The number of aliphatic hydroxyl groups is 1. The molecule has 0 aromatic heterocycles. The first-order chi connectivity index (χ1) is 7.95. The molecule has 4 heteroatoms. The molecule has 2 rings (SSSR count). The van der Waals surface area contributed by atoms with Gasteiger partial charge in [0.25, 0.3) is 0 Å².